The largest absolute Gasteiger partial charge is 0.507 e. The molecule has 2 aromatic rings. The summed E-state index contributed by atoms with van der Waals surface area (Å²) in [6, 6.07) is 3.52. The second-order valence-corrected chi connectivity index (χ2v) is 6.34. The van der Waals surface area contributed by atoms with Crippen molar-refractivity contribution in [3.63, 3.8) is 0 Å². The Kier molecular flexibility index (Phi) is 4.22. The summed E-state index contributed by atoms with van der Waals surface area (Å²) in [5.41, 5.74) is -5.87. The van der Waals surface area contributed by atoms with Gasteiger partial charge in [0.15, 0.2) is 0 Å². The number of halogens is 4. The van der Waals surface area contributed by atoms with Gasteiger partial charge in [0.2, 0.25) is 5.95 Å². The van der Waals surface area contributed by atoms with Crippen LogP contribution in [0.1, 0.15) is 10.4 Å². The van der Waals surface area contributed by atoms with Gasteiger partial charge < -0.3 is 5.11 Å². The number of carbonyl (C=O) groups excluding carboxylic acids is 1. The molecular weight excluding hydrogens is 365 g/mol. The van der Waals surface area contributed by atoms with Gasteiger partial charge in [0.05, 0.1) is 5.56 Å². The van der Waals surface area contributed by atoms with Gasteiger partial charge in [-0.1, -0.05) is 11.6 Å². The molecule has 0 radical (unpaired) electrons. The third-order valence-corrected chi connectivity index (χ3v) is 4.00. The molecule has 0 aliphatic carbocycles. The van der Waals surface area contributed by atoms with E-state index in [1.807, 2.05) is 5.32 Å². The number of amides is 1. The lowest BCUT2D eigenvalue weighted by molar-refractivity contribution is -0.0440. The Hall–Kier alpha value is -2.34. The number of benzene rings is 1. The third-order valence-electron chi connectivity index (χ3n) is 2.46. The molecule has 1 aromatic heterocycles. The number of hydrogen-bond donors (Lipinski definition) is 3. The van der Waals surface area contributed by atoms with Crippen LogP contribution in [-0.4, -0.2) is 40.1 Å². The van der Waals surface area contributed by atoms with E-state index in [1.165, 1.54) is 6.07 Å². The van der Waals surface area contributed by atoms with Gasteiger partial charge in [-0.25, -0.2) is 8.42 Å². The van der Waals surface area contributed by atoms with E-state index in [-0.39, 0.29) is 10.6 Å². The van der Waals surface area contributed by atoms with Crippen LogP contribution in [0.4, 0.5) is 19.1 Å². The molecule has 1 amide bonds. The topological polar surface area (TPSA) is 125 Å². The summed E-state index contributed by atoms with van der Waals surface area (Å²) in [4.78, 5) is 13.6. The zero-order valence-electron chi connectivity index (χ0n) is 10.7. The van der Waals surface area contributed by atoms with Crippen molar-refractivity contribution < 1.29 is 31.5 Å². The first-order valence-corrected chi connectivity index (χ1v) is 7.42. The van der Waals surface area contributed by atoms with Crippen molar-refractivity contribution in [1.82, 2.24) is 15.2 Å². The van der Waals surface area contributed by atoms with Crippen molar-refractivity contribution in [2.75, 3.05) is 5.32 Å². The van der Waals surface area contributed by atoms with Crippen molar-refractivity contribution in [1.29, 1.82) is 0 Å². The Bertz CT molecular complexity index is 865. The monoisotopic (exact) mass is 370 g/mol. The number of nitrogens with zero attached hydrogens (tertiary/aromatic N) is 2. The summed E-state index contributed by atoms with van der Waals surface area (Å²) in [6.07, 6.45) is 0. The molecule has 1 heterocycles. The molecular formula is C10H6ClF3N4O4S. The molecule has 3 N–H and O–H groups in total. The molecule has 0 aliphatic rings. The van der Waals surface area contributed by atoms with Crippen LogP contribution in [-0.2, 0) is 9.84 Å². The number of hydrogen-bond acceptors (Lipinski definition) is 6. The van der Waals surface area contributed by atoms with Crippen LogP contribution in [0, 0.1) is 0 Å². The Morgan fingerprint density at radius 3 is 2.57 bits per heavy atom. The lowest BCUT2D eigenvalue weighted by atomic mass is 10.2. The van der Waals surface area contributed by atoms with Crippen molar-refractivity contribution in [2.24, 2.45) is 0 Å². The molecule has 0 atom stereocenters. The molecule has 23 heavy (non-hydrogen) atoms. The fraction of sp³-hybridized carbons (Fsp3) is 0.100. The predicted octanol–water partition coefficient (Wildman–Crippen LogP) is 1.71. The van der Waals surface area contributed by atoms with Gasteiger partial charge in [0.25, 0.3) is 11.1 Å². The number of aromatic hydroxyl groups is 1. The number of carbonyl (C=O) groups is 1. The fourth-order valence-corrected chi connectivity index (χ4v) is 2.17. The quantitative estimate of drug-likeness (QED) is 0.755. The van der Waals surface area contributed by atoms with Crippen molar-refractivity contribution >= 4 is 33.3 Å². The second kappa shape index (κ2) is 5.70. The van der Waals surface area contributed by atoms with E-state index in [0.717, 1.165) is 12.1 Å². The predicted molar refractivity (Wildman–Crippen MR) is 70.7 cm³/mol. The molecule has 2 rings (SSSR count). The van der Waals surface area contributed by atoms with Crippen LogP contribution in [0.3, 0.4) is 0 Å². The van der Waals surface area contributed by atoms with Crippen molar-refractivity contribution in [3.05, 3.63) is 28.8 Å². The molecule has 0 unspecified atom stereocenters. The Balaban J connectivity index is 2.26. The fourth-order valence-electron chi connectivity index (χ4n) is 1.40. The van der Waals surface area contributed by atoms with E-state index in [0.29, 0.717) is 0 Å². The van der Waals surface area contributed by atoms with Gasteiger partial charge in [-0.2, -0.15) is 13.2 Å². The average Bonchev–Trinajstić information content (AvgIpc) is 2.89. The molecule has 0 saturated carbocycles. The van der Waals surface area contributed by atoms with E-state index < -0.39 is 38.1 Å². The molecule has 0 spiro atoms. The molecule has 0 saturated heterocycles. The molecule has 1 aromatic carbocycles. The summed E-state index contributed by atoms with van der Waals surface area (Å²) >= 11 is 5.65. The smallest absolute Gasteiger partial charge is 0.505 e. The number of sulfone groups is 1. The summed E-state index contributed by atoms with van der Waals surface area (Å²) in [5, 5.41) is 16.0. The molecule has 0 bridgehead atoms. The molecule has 8 nitrogen and oxygen atoms in total. The number of aromatic nitrogens is 3. The van der Waals surface area contributed by atoms with Crippen LogP contribution in [0.25, 0.3) is 0 Å². The first kappa shape index (κ1) is 17.0. The van der Waals surface area contributed by atoms with Crippen molar-refractivity contribution in [3.8, 4) is 5.75 Å². The van der Waals surface area contributed by atoms with Gasteiger partial charge in [-0.15, -0.1) is 10.2 Å². The summed E-state index contributed by atoms with van der Waals surface area (Å²) < 4.78 is 59.2. The standard InChI is InChI=1S/C10H6ClF3N4O4S/c11-4-1-2-6(19)5(3-4)7(20)15-8-16-9(18-17-8)23(21,22)10(12,13)14/h1-3,19H,(H2,15,16,17,18,20). The van der Waals surface area contributed by atoms with Gasteiger partial charge in [-0.3, -0.25) is 15.1 Å². The molecule has 0 aliphatic heterocycles. The highest BCUT2D eigenvalue weighted by atomic mass is 35.5. The highest BCUT2D eigenvalue weighted by Gasteiger charge is 2.49. The Morgan fingerprint density at radius 2 is 1.96 bits per heavy atom. The van der Waals surface area contributed by atoms with Gasteiger partial charge >= 0.3 is 15.3 Å². The number of H-pyrrole nitrogens is 1. The van der Waals surface area contributed by atoms with Crippen LogP contribution in [0.5, 0.6) is 5.75 Å². The second-order valence-electron chi connectivity index (χ2n) is 4.04. The number of anilines is 1. The van der Waals surface area contributed by atoms with Crippen LogP contribution in [0.2, 0.25) is 5.02 Å². The third kappa shape index (κ3) is 3.37. The number of phenolic OH excluding ortho intramolecular Hbond substituents is 1. The molecule has 13 heteroatoms. The van der Waals surface area contributed by atoms with Crippen LogP contribution in [0.15, 0.2) is 23.4 Å². The SMILES string of the molecule is O=C(Nc1nnc(S(=O)(=O)C(F)(F)F)[nH]1)c1cc(Cl)ccc1O. The minimum Gasteiger partial charge on any atom is -0.507 e. The number of rotatable bonds is 3. The Labute approximate surface area is 131 Å². The molecule has 0 fully saturated rings. The first-order chi connectivity index (χ1) is 10.5. The van der Waals surface area contributed by atoms with Crippen LogP contribution >= 0.6 is 11.6 Å². The lowest BCUT2D eigenvalue weighted by Gasteiger charge is -2.05. The maximum absolute atomic E-state index is 12.3. The Morgan fingerprint density at radius 1 is 1.30 bits per heavy atom. The van der Waals surface area contributed by atoms with E-state index in [1.54, 1.807) is 4.98 Å². The minimum absolute atomic E-state index is 0.117. The van der Waals surface area contributed by atoms with Gasteiger partial charge in [0.1, 0.15) is 5.75 Å². The van der Waals surface area contributed by atoms with E-state index in [2.05, 4.69) is 10.2 Å². The zero-order valence-corrected chi connectivity index (χ0v) is 12.3. The number of aromatic amines is 1. The van der Waals surface area contributed by atoms with E-state index >= 15 is 0 Å². The average molecular weight is 371 g/mol. The maximum atomic E-state index is 12.3. The lowest BCUT2D eigenvalue weighted by Crippen LogP contribution is -2.24. The van der Waals surface area contributed by atoms with Crippen LogP contribution < -0.4 is 5.32 Å². The normalized spacial score (nSPS) is 12.2. The first-order valence-electron chi connectivity index (χ1n) is 5.56. The van der Waals surface area contributed by atoms with Gasteiger partial charge in [0, 0.05) is 5.02 Å². The number of phenols is 1. The molecule has 124 valence electrons. The minimum atomic E-state index is -5.72. The van der Waals surface area contributed by atoms with Crippen molar-refractivity contribution in [2.45, 2.75) is 10.7 Å². The number of alkyl halides is 3. The zero-order chi connectivity index (χ0) is 17.4. The van der Waals surface area contributed by atoms with E-state index in [4.69, 9.17) is 11.6 Å². The number of nitrogens with one attached hydrogen (secondary N) is 2. The van der Waals surface area contributed by atoms with Gasteiger partial charge in [-0.05, 0) is 18.2 Å². The maximum Gasteiger partial charge on any atom is 0.505 e. The van der Waals surface area contributed by atoms with E-state index in [9.17, 15) is 31.5 Å². The summed E-state index contributed by atoms with van der Waals surface area (Å²) in [5.74, 6) is -2.09. The highest BCUT2D eigenvalue weighted by molar-refractivity contribution is 7.92. The summed E-state index contributed by atoms with van der Waals surface area (Å²) in [6.45, 7) is 0. The highest BCUT2D eigenvalue weighted by Crippen LogP contribution is 2.28. The summed E-state index contributed by atoms with van der Waals surface area (Å²) in [7, 11) is -5.72.